The summed E-state index contributed by atoms with van der Waals surface area (Å²) < 4.78 is 0. The fraction of sp³-hybridized carbons (Fsp3) is 0.333. The molecule has 1 saturated heterocycles. The van der Waals surface area contributed by atoms with Crippen LogP contribution in [0.25, 0.3) is 11.3 Å². The van der Waals surface area contributed by atoms with E-state index in [-0.39, 0.29) is 17.7 Å². The van der Waals surface area contributed by atoms with Gasteiger partial charge < -0.3 is 16.4 Å². The van der Waals surface area contributed by atoms with Gasteiger partial charge in [-0.2, -0.15) is 0 Å². The van der Waals surface area contributed by atoms with E-state index in [1.54, 1.807) is 35.2 Å². The van der Waals surface area contributed by atoms with Crippen molar-refractivity contribution in [1.29, 1.82) is 0 Å². The number of nitrogens with two attached hydrogens (primary N) is 2. The Hall–Kier alpha value is -3.22. The van der Waals surface area contributed by atoms with Crippen LogP contribution in [0.1, 0.15) is 44.8 Å². The molecule has 7 heteroatoms. The van der Waals surface area contributed by atoms with Crippen LogP contribution in [-0.4, -0.2) is 40.7 Å². The van der Waals surface area contributed by atoms with Crippen LogP contribution in [0.4, 0.5) is 0 Å². The molecule has 0 spiro atoms. The standard InChI is InChI=1S/C21H24N4O3/c1-12-9-17(20(23)27)18(24-13(12)2)14-5-3-6-15(10-14)21(28)25-8-4-7-16(11-25)19(22)26/h3,5-6,9-10,16H,4,7-8,11H2,1-2H3,(H2,22,26)(H2,23,27)/t16-/m1/s1. The Morgan fingerprint density at radius 3 is 2.57 bits per heavy atom. The van der Waals surface area contributed by atoms with E-state index in [1.165, 1.54) is 0 Å². The summed E-state index contributed by atoms with van der Waals surface area (Å²) in [4.78, 5) is 42.5. The van der Waals surface area contributed by atoms with Crippen LogP contribution in [0.5, 0.6) is 0 Å². The second kappa shape index (κ2) is 7.80. The third-order valence-electron chi connectivity index (χ3n) is 5.23. The number of amides is 3. The summed E-state index contributed by atoms with van der Waals surface area (Å²) in [5, 5.41) is 0. The van der Waals surface area contributed by atoms with Crippen molar-refractivity contribution in [1.82, 2.24) is 9.88 Å². The van der Waals surface area contributed by atoms with Gasteiger partial charge in [-0.05, 0) is 50.5 Å². The van der Waals surface area contributed by atoms with E-state index in [2.05, 4.69) is 4.98 Å². The first kappa shape index (κ1) is 19.5. The summed E-state index contributed by atoms with van der Waals surface area (Å²) in [7, 11) is 0. The minimum Gasteiger partial charge on any atom is -0.369 e. The molecular formula is C21H24N4O3. The van der Waals surface area contributed by atoms with Gasteiger partial charge >= 0.3 is 0 Å². The van der Waals surface area contributed by atoms with Gasteiger partial charge in [-0.15, -0.1) is 0 Å². The van der Waals surface area contributed by atoms with Gasteiger partial charge in [-0.1, -0.05) is 12.1 Å². The van der Waals surface area contributed by atoms with Crippen LogP contribution in [0.15, 0.2) is 30.3 Å². The monoisotopic (exact) mass is 380 g/mol. The number of aromatic nitrogens is 1. The maximum absolute atomic E-state index is 13.0. The third-order valence-corrected chi connectivity index (χ3v) is 5.23. The molecule has 0 bridgehead atoms. The number of benzene rings is 1. The van der Waals surface area contributed by atoms with Gasteiger partial charge in [0, 0.05) is 29.9 Å². The Balaban J connectivity index is 1.95. The van der Waals surface area contributed by atoms with Crippen molar-refractivity contribution < 1.29 is 14.4 Å². The molecule has 1 atom stereocenters. The Bertz CT molecular complexity index is 955. The van der Waals surface area contributed by atoms with Crippen LogP contribution < -0.4 is 11.5 Å². The zero-order valence-electron chi connectivity index (χ0n) is 16.1. The van der Waals surface area contributed by atoms with Gasteiger partial charge in [0.25, 0.3) is 11.8 Å². The number of pyridine rings is 1. The molecule has 1 aliphatic rings. The van der Waals surface area contributed by atoms with Crippen molar-refractivity contribution in [3.05, 3.63) is 52.7 Å². The molecule has 2 aromatic rings. The molecule has 3 amide bonds. The van der Waals surface area contributed by atoms with E-state index in [0.29, 0.717) is 41.9 Å². The van der Waals surface area contributed by atoms with Crippen molar-refractivity contribution >= 4 is 17.7 Å². The highest BCUT2D eigenvalue weighted by molar-refractivity contribution is 6.00. The van der Waals surface area contributed by atoms with E-state index in [4.69, 9.17) is 11.5 Å². The molecule has 28 heavy (non-hydrogen) atoms. The smallest absolute Gasteiger partial charge is 0.253 e. The average Bonchev–Trinajstić information content (AvgIpc) is 2.69. The lowest BCUT2D eigenvalue weighted by atomic mass is 9.96. The first-order valence-corrected chi connectivity index (χ1v) is 9.25. The highest BCUT2D eigenvalue weighted by Gasteiger charge is 2.27. The number of primary amides is 2. The maximum Gasteiger partial charge on any atom is 0.253 e. The Labute approximate surface area is 163 Å². The number of hydrogen-bond donors (Lipinski definition) is 2. The van der Waals surface area contributed by atoms with Crippen LogP contribution >= 0.6 is 0 Å². The topological polar surface area (TPSA) is 119 Å². The number of aryl methyl sites for hydroxylation is 2. The van der Waals surface area contributed by atoms with Crippen molar-refractivity contribution in [2.24, 2.45) is 17.4 Å². The summed E-state index contributed by atoms with van der Waals surface area (Å²) in [6, 6.07) is 8.68. The summed E-state index contributed by atoms with van der Waals surface area (Å²) in [6.45, 7) is 4.63. The van der Waals surface area contributed by atoms with E-state index in [0.717, 1.165) is 17.7 Å². The normalized spacial score (nSPS) is 16.6. The van der Waals surface area contributed by atoms with E-state index >= 15 is 0 Å². The molecule has 0 unspecified atom stereocenters. The highest BCUT2D eigenvalue weighted by Crippen LogP contribution is 2.26. The van der Waals surface area contributed by atoms with E-state index in [9.17, 15) is 14.4 Å². The molecule has 4 N–H and O–H groups in total. The minimum absolute atomic E-state index is 0.169. The lowest BCUT2D eigenvalue weighted by Crippen LogP contribution is -2.44. The maximum atomic E-state index is 13.0. The van der Waals surface area contributed by atoms with Gasteiger partial charge in [0.1, 0.15) is 0 Å². The number of likely N-dealkylation sites (tertiary alicyclic amines) is 1. The average molecular weight is 380 g/mol. The summed E-state index contributed by atoms with van der Waals surface area (Å²) in [6.07, 6.45) is 1.44. The van der Waals surface area contributed by atoms with Crippen LogP contribution in [0.3, 0.4) is 0 Å². The van der Waals surface area contributed by atoms with Gasteiger partial charge in [-0.25, -0.2) is 0 Å². The third kappa shape index (κ3) is 3.88. The van der Waals surface area contributed by atoms with Crippen molar-refractivity contribution in [3.8, 4) is 11.3 Å². The largest absolute Gasteiger partial charge is 0.369 e. The number of piperidine rings is 1. The van der Waals surface area contributed by atoms with Crippen LogP contribution in [0.2, 0.25) is 0 Å². The molecule has 1 fully saturated rings. The Kier molecular flexibility index (Phi) is 5.44. The van der Waals surface area contributed by atoms with Crippen LogP contribution in [0, 0.1) is 19.8 Å². The van der Waals surface area contributed by atoms with Crippen molar-refractivity contribution in [2.45, 2.75) is 26.7 Å². The predicted molar refractivity (Wildman–Crippen MR) is 105 cm³/mol. The molecule has 146 valence electrons. The lowest BCUT2D eigenvalue weighted by molar-refractivity contribution is -0.123. The highest BCUT2D eigenvalue weighted by atomic mass is 16.2. The SMILES string of the molecule is Cc1cc(C(N)=O)c(-c2cccc(C(=O)N3CCC[C@@H](C(N)=O)C3)c2)nc1C. The molecule has 7 nitrogen and oxygen atoms in total. The molecule has 1 aromatic heterocycles. The zero-order valence-corrected chi connectivity index (χ0v) is 16.1. The summed E-state index contributed by atoms with van der Waals surface area (Å²) in [5.74, 6) is -1.43. The van der Waals surface area contributed by atoms with Gasteiger partial charge in [0.05, 0.1) is 17.2 Å². The zero-order chi connectivity index (χ0) is 20.4. The van der Waals surface area contributed by atoms with Crippen LogP contribution in [-0.2, 0) is 4.79 Å². The number of carbonyl (C=O) groups is 3. The minimum atomic E-state index is -0.567. The molecule has 0 aliphatic carbocycles. The number of carbonyl (C=O) groups excluding carboxylic acids is 3. The van der Waals surface area contributed by atoms with Gasteiger partial charge in [0.2, 0.25) is 5.91 Å². The van der Waals surface area contributed by atoms with Crippen molar-refractivity contribution in [3.63, 3.8) is 0 Å². The molecule has 0 radical (unpaired) electrons. The Morgan fingerprint density at radius 1 is 1.14 bits per heavy atom. The fourth-order valence-electron chi connectivity index (χ4n) is 3.49. The second-order valence-corrected chi connectivity index (χ2v) is 7.22. The van der Waals surface area contributed by atoms with E-state index in [1.807, 2.05) is 13.8 Å². The molecule has 1 aliphatic heterocycles. The fourth-order valence-corrected chi connectivity index (χ4v) is 3.49. The molecule has 3 rings (SSSR count). The second-order valence-electron chi connectivity index (χ2n) is 7.22. The van der Waals surface area contributed by atoms with Crippen molar-refractivity contribution in [2.75, 3.05) is 13.1 Å². The molecule has 0 saturated carbocycles. The van der Waals surface area contributed by atoms with Gasteiger partial charge in [-0.3, -0.25) is 19.4 Å². The summed E-state index contributed by atoms with van der Waals surface area (Å²) >= 11 is 0. The van der Waals surface area contributed by atoms with Gasteiger partial charge in [0.15, 0.2) is 0 Å². The number of nitrogens with zero attached hydrogens (tertiary/aromatic N) is 2. The predicted octanol–water partition coefficient (Wildman–Crippen LogP) is 1.80. The first-order chi connectivity index (χ1) is 13.3. The number of hydrogen-bond acceptors (Lipinski definition) is 4. The molecular weight excluding hydrogens is 356 g/mol. The molecule has 1 aromatic carbocycles. The number of rotatable bonds is 4. The quantitative estimate of drug-likeness (QED) is 0.840. The molecule has 2 heterocycles. The first-order valence-electron chi connectivity index (χ1n) is 9.25. The lowest BCUT2D eigenvalue weighted by Gasteiger charge is -2.31. The summed E-state index contributed by atoms with van der Waals surface area (Å²) in [5.41, 5.74) is 14.5. The Morgan fingerprint density at radius 2 is 1.89 bits per heavy atom. The van der Waals surface area contributed by atoms with E-state index < -0.39 is 5.91 Å².